The molecular weight excluding hydrogens is 374 g/mol. The van der Waals surface area contributed by atoms with E-state index in [-0.39, 0.29) is 28.6 Å². The van der Waals surface area contributed by atoms with E-state index in [4.69, 9.17) is 4.74 Å². The molecule has 0 bridgehead atoms. The molecule has 28 heavy (non-hydrogen) atoms. The fourth-order valence-electron chi connectivity index (χ4n) is 4.38. The Hall–Kier alpha value is -1.63. The molecule has 1 aromatic heterocycles. The molecule has 0 unspecified atom stereocenters. The summed E-state index contributed by atoms with van der Waals surface area (Å²) in [6.45, 7) is 16.6. The third-order valence-electron chi connectivity index (χ3n) is 5.95. The molecule has 0 aromatic carbocycles. The number of thiazole rings is 1. The van der Waals surface area contributed by atoms with Crippen LogP contribution in [0.1, 0.15) is 55.4 Å². The summed E-state index contributed by atoms with van der Waals surface area (Å²) in [4.78, 5) is 32.7. The fourth-order valence-corrected chi connectivity index (χ4v) is 4.94. The van der Waals surface area contributed by atoms with Gasteiger partial charge in [-0.3, -0.25) is 4.79 Å². The molecule has 1 saturated carbocycles. The number of amides is 1. The summed E-state index contributed by atoms with van der Waals surface area (Å²) in [5.74, 6) is 0.156. The number of esters is 1. The molecule has 1 aliphatic carbocycles. The number of piperidine rings is 1. The van der Waals surface area contributed by atoms with Crippen molar-refractivity contribution in [2.24, 2.45) is 22.7 Å². The summed E-state index contributed by atoms with van der Waals surface area (Å²) < 4.78 is 5.70. The molecule has 1 aromatic rings. The van der Waals surface area contributed by atoms with Gasteiger partial charge in [0.1, 0.15) is 17.7 Å². The smallest absolute Gasteiger partial charge is 0.329 e. The molecule has 1 N–H and O–H groups in total. The molecule has 0 radical (unpaired) electrons. The average molecular weight is 408 g/mol. The molecule has 0 spiro atoms. The highest BCUT2D eigenvalue weighted by atomic mass is 32.1. The number of aromatic nitrogens is 1. The molecule has 1 aliphatic heterocycles. The number of carbonyl (C=O) groups is 2. The van der Waals surface area contributed by atoms with Gasteiger partial charge in [0, 0.05) is 24.0 Å². The fraction of sp³-hybridized carbons (Fsp3) is 0.762. The third-order valence-corrected chi connectivity index (χ3v) is 6.66. The van der Waals surface area contributed by atoms with Crippen LogP contribution < -0.4 is 5.32 Å². The molecule has 6 nitrogen and oxygen atoms in total. The molecule has 4 atom stereocenters. The van der Waals surface area contributed by atoms with Gasteiger partial charge in [0.05, 0.1) is 0 Å². The van der Waals surface area contributed by atoms with Crippen LogP contribution in [0.3, 0.4) is 0 Å². The van der Waals surface area contributed by atoms with Crippen LogP contribution in [-0.2, 0) is 14.3 Å². The minimum absolute atomic E-state index is 0.0541. The minimum atomic E-state index is -0.578. The van der Waals surface area contributed by atoms with E-state index in [1.807, 2.05) is 46.9 Å². The Morgan fingerprint density at radius 3 is 2.43 bits per heavy atom. The molecule has 156 valence electrons. The highest BCUT2D eigenvalue weighted by molar-refractivity contribution is 7.13. The van der Waals surface area contributed by atoms with Crippen LogP contribution in [0, 0.1) is 22.7 Å². The number of hydrogen-bond acceptors (Lipinski definition) is 6. The quantitative estimate of drug-likeness (QED) is 0.769. The van der Waals surface area contributed by atoms with Crippen molar-refractivity contribution < 1.29 is 14.3 Å². The Morgan fingerprint density at radius 2 is 1.93 bits per heavy atom. The summed E-state index contributed by atoms with van der Waals surface area (Å²) in [5, 5.41) is 5.89. The van der Waals surface area contributed by atoms with Gasteiger partial charge in [-0.2, -0.15) is 0 Å². The Balaban J connectivity index is 1.86. The Kier molecular flexibility index (Phi) is 5.06. The number of likely N-dealkylation sites (tertiary alicyclic amines) is 1. The topological polar surface area (TPSA) is 71.5 Å². The van der Waals surface area contributed by atoms with Gasteiger partial charge in [-0.15, -0.1) is 11.3 Å². The van der Waals surface area contributed by atoms with E-state index in [1.54, 1.807) is 11.1 Å². The van der Waals surface area contributed by atoms with Crippen molar-refractivity contribution in [1.29, 1.82) is 0 Å². The number of hydrogen-bond donors (Lipinski definition) is 1. The van der Waals surface area contributed by atoms with Gasteiger partial charge in [0.25, 0.3) is 0 Å². The number of ether oxygens (including phenoxy) is 1. The number of fused-ring (bicyclic) bond motifs is 1. The van der Waals surface area contributed by atoms with Gasteiger partial charge < -0.3 is 15.0 Å². The lowest BCUT2D eigenvalue weighted by Crippen LogP contribution is -2.55. The van der Waals surface area contributed by atoms with Gasteiger partial charge >= 0.3 is 5.97 Å². The summed E-state index contributed by atoms with van der Waals surface area (Å²) in [5.41, 5.74) is -0.840. The molecular formula is C21H33N3O3S. The number of nitrogens with one attached hydrogen (secondary N) is 1. The van der Waals surface area contributed by atoms with E-state index < -0.39 is 17.7 Å². The van der Waals surface area contributed by atoms with Gasteiger partial charge in [-0.05, 0) is 37.5 Å². The van der Waals surface area contributed by atoms with E-state index in [0.717, 1.165) is 0 Å². The SMILES string of the molecule is CC(C)(C)OC(=O)[C@@H]1[C@@H]2[C@H](CN1C(=O)[C@@H](Nc1nccs1)C(C)(C)C)C2(C)C. The molecule has 2 fully saturated rings. The number of rotatable bonds is 4. The maximum absolute atomic E-state index is 13.6. The largest absolute Gasteiger partial charge is 0.458 e. The first kappa shape index (κ1) is 21.1. The second-order valence-electron chi connectivity index (χ2n) is 10.7. The number of nitrogens with zero attached hydrogens (tertiary/aromatic N) is 2. The summed E-state index contributed by atoms with van der Waals surface area (Å²) in [7, 11) is 0. The Labute approximate surface area is 172 Å². The van der Waals surface area contributed by atoms with Gasteiger partial charge in [0.2, 0.25) is 5.91 Å². The van der Waals surface area contributed by atoms with Crippen LogP contribution in [0.15, 0.2) is 11.6 Å². The van der Waals surface area contributed by atoms with Crippen molar-refractivity contribution in [3.63, 3.8) is 0 Å². The molecule has 7 heteroatoms. The second-order valence-corrected chi connectivity index (χ2v) is 11.6. The van der Waals surface area contributed by atoms with Crippen LogP contribution >= 0.6 is 11.3 Å². The highest BCUT2D eigenvalue weighted by Gasteiger charge is 2.70. The average Bonchev–Trinajstić information content (AvgIpc) is 2.98. The first-order valence-electron chi connectivity index (χ1n) is 9.93. The van der Waals surface area contributed by atoms with E-state index >= 15 is 0 Å². The molecule has 2 heterocycles. The first-order valence-corrected chi connectivity index (χ1v) is 10.8. The van der Waals surface area contributed by atoms with E-state index in [9.17, 15) is 9.59 Å². The van der Waals surface area contributed by atoms with Crippen molar-refractivity contribution in [3.05, 3.63) is 11.6 Å². The van der Waals surface area contributed by atoms with Crippen LogP contribution in [-0.4, -0.2) is 46.0 Å². The Bertz CT molecular complexity index is 746. The summed E-state index contributed by atoms with van der Waals surface area (Å²) >= 11 is 1.47. The zero-order chi connectivity index (χ0) is 21.1. The molecule has 1 saturated heterocycles. The zero-order valence-electron chi connectivity index (χ0n) is 18.2. The predicted molar refractivity (Wildman–Crippen MR) is 111 cm³/mol. The van der Waals surface area contributed by atoms with E-state index in [0.29, 0.717) is 17.6 Å². The Morgan fingerprint density at radius 1 is 1.29 bits per heavy atom. The van der Waals surface area contributed by atoms with E-state index in [2.05, 4.69) is 24.1 Å². The maximum atomic E-state index is 13.6. The predicted octanol–water partition coefficient (Wildman–Crippen LogP) is 3.79. The number of carbonyl (C=O) groups excluding carboxylic acids is 2. The van der Waals surface area contributed by atoms with Crippen LogP contribution in [0.25, 0.3) is 0 Å². The maximum Gasteiger partial charge on any atom is 0.329 e. The lowest BCUT2D eigenvalue weighted by Gasteiger charge is -2.38. The van der Waals surface area contributed by atoms with Crippen LogP contribution in [0.5, 0.6) is 0 Å². The first-order chi connectivity index (χ1) is 12.7. The lowest BCUT2D eigenvalue weighted by atomic mass is 9.85. The van der Waals surface area contributed by atoms with Crippen molar-refractivity contribution in [2.45, 2.75) is 73.1 Å². The van der Waals surface area contributed by atoms with Crippen LogP contribution in [0.2, 0.25) is 0 Å². The van der Waals surface area contributed by atoms with Gasteiger partial charge in [-0.25, -0.2) is 9.78 Å². The molecule has 3 rings (SSSR count). The lowest BCUT2D eigenvalue weighted by molar-refractivity contribution is -0.165. The van der Waals surface area contributed by atoms with Gasteiger partial charge in [-0.1, -0.05) is 34.6 Å². The normalized spacial score (nSPS) is 27.1. The minimum Gasteiger partial charge on any atom is -0.458 e. The van der Waals surface area contributed by atoms with Crippen molar-refractivity contribution in [1.82, 2.24) is 9.88 Å². The second kappa shape index (κ2) is 6.71. The van der Waals surface area contributed by atoms with Crippen molar-refractivity contribution in [3.8, 4) is 0 Å². The monoisotopic (exact) mass is 407 g/mol. The third kappa shape index (κ3) is 3.91. The standard InChI is InChI=1S/C21H33N3O3S/c1-19(2,3)15(23-18-22-9-10-28-18)16(25)24-11-12-13(21(12,7)8)14(24)17(26)27-20(4,5)6/h9-10,12-15H,11H2,1-8H3,(H,22,23)/t12-,13-,14-,15+/m0/s1. The van der Waals surface area contributed by atoms with Gasteiger partial charge in [0.15, 0.2) is 5.13 Å². The highest BCUT2D eigenvalue weighted by Crippen LogP contribution is 2.65. The van der Waals surface area contributed by atoms with Crippen molar-refractivity contribution in [2.75, 3.05) is 11.9 Å². The zero-order valence-corrected chi connectivity index (χ0v) is 19.0. The summed E-state index contributed by atoms with van der Waals surface area (Å²) in [6.07, 6.45) is 1.72. The molecule has 2 aliphatic rings. The number of anilines is 1. The van der Waals surface area contributed by atoms with Crippen LogP contribution in [0.4, 0.5) is 5.13 Å². The molecule has 1 amide bonds. The summed E-state index contributed by atoms with van der Waals surface area (Å²) in [6, 6.07) is -0.987. The van der Waals surface area contributed by atoms with Crippen molar-refractivity contribution >= 4 is 28.3 Å². The van der Waals surface area contributed by atoms with E-state index in [1.165, 1.54) is 11.3 Å².